The fourth-order valence-corrected chi connectivity index (χ4v) is 3.01. The Labute approximate surface area is 224 Å². The molecule has 37 heavy (non-hydrogen) atoms. The second-order valence-corrected chi connectivity index (χ2v) is 8.83. The number of hydrogen-bond acceptors (Lipinski definition) is 4. The molecule has 2 aromatic rings. The van der Waals surface area contributed by atoms with Crippen LogP contribution in [0.1, 0.15) is 73.3 Å². The standard InChI is InChI=1S/C24H30N2O4.C3H8.C2H6.C2H2/c1-5-6-13-19(27)16-25-22(28)21(26-23(29)30-24(2,3)4)15-18-12-9-11-17-10-7-8-14-20(17)18;1-3-2;2*1-2/h5,7-12,14,21H,1,6,13,15-16H2,2-4H3,(H,25,28)(H,26,29);3H2,1-2H3;1-2H3;1-2H/t21-;;;/m0.../s1. The molecule has 0 saturated heterocycles. The first kappa shape index (κ1) is 35.6. The SMILES string of the molecule is C#C.C=CCCC(=O)CNC(=O)[C@H](Cc1cccc2ccccc12)NC(=O)OC(C)(C)C.CC.CCC. The number of benzene rings is 2. The highest BCUT2D eigenvalue weighted by atomic mass is 16.6. The third-order valence-corrected chi connectivity index (χ3v) is 4.40. The number of rotatable bonds is 9. The number of ether oxygens (including phenoxy) is 1. The minimum absolute atomic E-state index is 0.0886. The van der Waals surface area contributed by atoms with Gasteiger partial charge in [0.05, 0.1) is 6.54 Å². The van der Waals surface area contributed by atoms with Gasteiger partial charge in [-0.15, -0.1) is 19.4 Å². The van der Waals surface area contributed by atoms with Crippen LogP contribution in [0.25, 0.3) is 10.8 Å². The fourth-order valence-electron chi connectivity index (χ4n) is 3.01. The van der Waals surface area contributed by atoms with E-state index in [4.69, 9.17) is 4.74 Å². The number of nitrogens with one attached hydrogen (secondary N) is 2. The largest absolute Gasteiger partial charge is 0.444 e. The normalized spacial score (nSPS) is 10.5. The van der Waals surface area contributed by atoms with E-state index in [1.807, 2.05) is 56.3 Å². The molecule has 2 aromatic carbocycles. The van der Waals surface area contributed by atoms with Crippen LogP contribution in [0.5, 0.6) is 0 Å². The van der Waals surface area contributed by atoms with Crippen molar-refractivity contribution in [1.82, 2.24) is 10.6 Å². The van der Waals surface area contributed by atoms with Crippen molar-refractivity contribution in [2.75, 3.05) is 6.54 Å². The number of terminal acetylenes is 1. The monoisotopic (exact) mass is 510 g/mol. The van der Waals surface area contributed by atoms with E-state index in [2.05, 4.69) is 43.9 Å². The van der Waals surface area contributed by atoms with Crippen LogP contribution in [-0.4, -0.2) is 36.0 Å². The van der Waals surface area contributed by atoms with E-state index >= 15 is 0 Å². The summed E-state index contributed by atoms with van der Waals surface area (Å²) in [5.41, 5.74) is 0.230. The van der Waals surface area contributed by atoms with Crippen LogP contribution >= 0.6 is 0 Å². The number of allylic oxidation sites excluding steroid dienone is 1. The second-order valence-electron chi connectivity index (χ2n) is 8.83. The smallest absolute Gasteiger partial charge is 0.408 e. The Morgan fingerprint density at radius 2 is 1.59 bits per heavy atom. The molecule has 0 spiro atoms. The van der Waals surface area contributed by atoms with Gasteiger partial charge in [-0.25, -0.2) is 4.79 Å². The van der Waals surface area contributed by atoms with E-state index in [-0.39, 0.29) is 18.7 Å². The molecule has 0 bridgehead atoms. The molecule has 6 nitrogen and oxygen atoms in total. The average Bonchev–Trinajstić information content (AvgIpc) is 2.87. The van der Waals surface area contributed by atoms with Gasteiger partial charge in [-0.05, 0) is 43.5 Å². The molecule has 0 aliphatic heterocycles. The van der Waals surface area contributed by atoms with Crippen molar-refractivity contribution in [2.45, 2.75) is 85.8 Å². The first-order valence-electron chi connectivity index (χ1n) is 12.8. The third kappa shape index (κ3) is 15.9. The van der Waals surface area contributed by atoms with Gasteiger partial charge in [0.2, 0.25) is 5.91 Å². The zero-order chi connectivity index (χ0) is 28.9. The predicted molar refractivity (Wildman–Crippen MR) is 155 cm³/mol. The van der Waals surface area contributed by atoms with E-state index in [0.29, 0.717) is 12.8 Å². The summed E-state index contributed by atoms with van der Waals surface area (Å²) in [6.45, 7) is 17.0. The highest BCUT2D eigenvalue weighted by Crippen LogP contribution is 2.20. The van der Waals surface area contributed by atoms with Gasteiger partial charge in [-0.3, -0.25) is 9.59 Å². The summed E-state index contributed by atoms with van der Waals surface area (Å²) in [5.74, 6) is -0.523. The Morgan fingerprint density at radius 3 is 2.16 bits per heavy atom. The number of Topliss-reactive ketones (excluding diaryl/α,β-unsaturated/α-hetero) is 1. The number of fused-ring (bicyclic) bond motifs is 1. The highest BCUT2D eigenvalue weighted by molar-refractivity contribution is 5.91. The molecular weight excluding hydrogens is 464 g/mol. The van der Waals surface area contributed by atoms with Crippen molar-refractivity contribution in [3.63, 3.8) is 0 Å². The molecule has 0 aliphatic carbocycles. The minimum Gasteiger partial charge on any atom is -0.444 e. The van der Waals surface area contributed by atoms with Crippen LogP contribution in [0.2, 0.25) is 0 Å². The Bertz CT molecular complexity index is 969. The van der Waals surface area contributed by atoms with Crippen molar-refractivity contribution in [1.29, 1.82) is 0 Å². The predicted octanol–water partition coefficient (Wildman–Crippen LogP) is 6.62. The van der Waals surface area contributed by atoms with Gasteiger partial charge in [0, 0.05) is 12.8 Å². The topological polar surface area (TPSA) is 84.5 Å². The first-order valence-corrected chi connectivity index (χ1v) is 12.8. The molecule has 2 amide bonds. The lowest BCUT2D eigenvalue weighted by Gasteiger charge is -2.23. The second kappa shape index (κ2) is 20.6. The Kier molecular flexibility index (Phi) is 19.8. The Morgan fingerprint density at radius 1 is 1.03 bits per heavy atom. The summed E-state index contributed by atoms with van der Waals surface area (Å²) in [7, 11) is 0. The van der Waals surface area contributed by atoms with E-state index in [0.717, 1.165) is 16.3 Å². The molecule has 0 aromatic heterocycles. The average molecular weight is 511 g/mol. The Hall–Kier alpha value is -3.59. The minimum atomic E-state index is -0.877. The van der Waals surface area contributed by atoms with Crippen LogP contribution in [0.3, 0.4) is 0 Å². The molecule has 6 heteroatoms. The molecule has 0 unspecified atom stereocenters. The summed E-state index contributed by atoms with van der Waals surface area (Å²) >= 11 is 0. The maximum Gasteiger partial charge on any atom is 0.408 e. The quantitative estimate of drug-likeness (QED) is 0.293. The van der Waals surface area contributed by atoms with Crippen LogP contribution in [-0.2, 0) is 20.7 Å². The maximum atomic E-state index is 12.8. The van der Waals surface area contributed by atoms with Crippen molar-refractivity contribution < 1.29 is 19.1 Å². The first-order chi connectivity index (χ1) is 17.6. The number of hydrogen-bond donors (Lipinski definition) is 2. The zero-order valence-electron chi connectivity index (χ0n) is 23.7. The lowest BCUT2D eigenvalue weighted by Crippen LogP contribution is -2.50. The molecule has 2 rings (SSSR count). The molecule has 0 fully saturated rings. The van der Waals surface area contributed by atoms with E-state index in [1.54, 1.807) is 26.8 Å². The molecule has 0 saturated carbocycles. The third-order valence-electron chi connectivity index (χ3n) is 4.40. The summed E-state index contributed by atoms with van der Waals surface area (Å²) in [6, 6.07) is 12.8. The van der Waals surface area contributed by atoms with Gasteiger partial charge >= 0.3 is 6.09 Å². The van der Waals surface area contributed by atoms with Crippen molar-refractivity contribution >= 4 is 28.6 Å². The van der Waals surface area contributed by atoms with E-state index in [1.165, 1.54) is 6.42 Å². The summed E-state index contributed by atoms with van der Waals surface area (Å²) in [4.78, 5) is 37.0. The molecular formula is C31H46N2O4. The highest BCUT2D eigenvalue weighted by Gasteiger charge is 2.25. The van der Waals surface area contributed by atoms with Gasteiger partial charge < -0.3 is 15.4 Å². The van der Waals surface area contributed by atoms with Crippen molar-refractivity contribution in [2.24, 2.45) is 0 Å². The van der Waals surface area contributed by atoms with E-state index < -0.39 is 23.6 Å². The molecule has 2 N–H and O–H groups in total. The molecule has 0 radical (unpaired) electrons. The maximum absolute atomic E-state index is 12.8. The molecule has 204 valence electrons. The van der Waals surface area contributed by atoms with Gasteiger partial charge in [0.1, 0.15) is 11.6 Å². The van der Waals surface area contributed by atoms with Gasteiger partial charge in [0.25, 0.3) is 0 Å². The number of alkyl carbamates (subject to hydrolysis) is 1. The van der Waals surface area contributed by atoms with Gasteiger partial charge in [0.15, 0.2) is 5.78 Å². The molecule has 1 atom stereocenters. The molecule has 0 aliphatic rings. The lowest BCUT2D eigenvalue weighted by atomic mass is 9.98. The van der Waals surface area contributed by atoms with Gasteiger partial charge in [-0.1, -0.05) is 82.7 Å². The number of ketones is 1. The lowest BCUT2D eigenvalue weighted by molar-refractivity contribution is -0.126. The number of carbonyl (C=O) groups is 3. The Balaban J connectivity index is 0. The summed E-state index contributed by atoms with van der Waals surface area (Å²) < 4.78 is 5.31. The van der Waals surface area contributed by atoms with Crippen molar-refractivity contribution in [3.05, 3.63) is 60.7 Å². The fraction of sp³-hybridized carbons (Fsp3) is 0.452. The molecule has 0 heterocycles. The van der Waals surface area contributed by atoms with Crippen LogP contribution in [0.15, 0.2) is 55.1 Å². The van der Waals surface area contributed by atoms with Gasteiger partial charge in [-0.2, -0.15) is 0 Å². The number of amides is 2. The van der Waals surface area contributed by atoms with Crippen LogP contribution < -0.4 is 10.6 Å². The van der Waals surface area contributed by atoms with Crippen molar-refractivity contribution in [3.8, 4) is 12.8 Å². The summed E-state index contributed by atoms with van der Waals surface area (Å²) in [6.07, 6.45) is 11.4. The van der Waals surface area contributed by atoms with Crippen LogP contribution in [0, 0.1) is 12.8 Å². The number of carbonyl (C=O) groups excluding carboxylic acids is 3. The van der Waals surface area contributed by atoms with E-state index in [9.17, 15) is 14.4 Å². The van der Waals surface area contributed by atoms with Crippen LogP contribution in [0.4, 0.5) is 4.79 Å². The summed E-state index contributed by atoms with van der Waals surface area (Å²) in [5, 5.41) is 7.34. The zero-order valence-corrected chi connectivity index (χ0v) is 23.7.